The van der Waals surface area contributed by atoms with E-state index in [-0.39, 0.29) is 12.6 Å². The Morgan fingerprint density at radius 3 is 2.67 bits per heavy atom. The normalized spacial score (nSPS) is 13.6. The van der Waals surface area contributed by atoms with Crippen molar-refractivity contribution in [3.8, 4) is 0 Å². The van der Waals surface area contributed by atoms with Gasteiger partial charge in [-0.25, -0.2) is 0 Å². The van der Waals surface area contributed by atoms with Crippen LogP contribution >= 0.6 is 0 Å². The van der Waals surface area contributed by atoms with Crippen molar-refractivity contribution in [3.63, 3.8) is 0 Å². The van der Waals surface area contributed by atoms with E-state index in [2.05, 4.69) is 27.7 Å². The van der Waals surface area contributed by atoms with Gasteiger partial charge in [-0.3, -0.25) is 9.59 Å². The molecule has 2 amide bonds. The molecule has 0 aliphatic carbocycles. The van der Waals surface area contributed by atoms with Gasteiger partial charge in [-0.05, 0) is 55.7 Å². The van der Waals surface area contributed by atoms with Gasteiger partial charge in [0, 0.05) is 24.5 Å². The van der Waals surface area contributed by atoms with E-state index >= 15 is 0 Å². The van der Waals surface area contributed by atoms with Crippen LogP contribution in [0.2, 0.25) is 0 Å². The molecule has 1 aliphatic heterocycles. The van der Waals surface area contributed by atoms with Crippen molar-refractivity contribution < 1.29 is 14.0 Å². The molecule has 4 rings (SSSR count). The molecule has 6 nitrogen and oxygen atoms in total. The first-order valence-electron chi connectivity index (χ1n) is 10.1. The minimum absolute atomic E-state index is 0.193. The van der Waals surface area contributed by atoms with Crippen molar-refractivity contribution in [1.82, 2.24) is 5.32 Å². The molecule has 0 bridgehead atoms. The maximum Gasteiger partial charge on any atom is 0.313 e. The van der Waals surface area contributed by atoms with Gasteiger partial charge in [0.1, 0.15) is 11.8 Å². The van der Waals surface area contributed by atoms with E-state index in [1.165, 1.54) is 5.56 Å². The van der Waals surface area contributed by atoms with E-state index < -0.39 is 11.8 Å². The van der Waals surface area contributed by atoms with Crippen molar-refractivity contribution in [2.75, 3.05) is 23.3 Å². The fourth-order valence-corrected chi connectivity index (χ4v) is 3.94. The Bertz CT molecular complexity index is 1060. The summed E-state index contributed by atoms with van der Waals surface area (Å²) in [6.45, 7) is 4.98. The van der Waals surface area contributed by atoms with E-state index in [1.54, 1.807) is 6.26 Å². The lowest BCUT2D eigenvalue weighted by Crippen LogP contribution is -2.41. The summed E-state index contributed by atoms with van der Waals surface area (Å²) >= 11 is 0. The number of anilines is 2. The molecule has 2 N–H and O–H groups in total. The van der Waals surface area contributed by atoms with Crippen LogP contribution in [0.4, 0.5) is 11.4 Å². The highest BCUT2D eigenvalue weighted by Gasteiger charge is 2.29. The second-order valence-electron chi connectivity index (χ2n) is 7.59. The molecular formula is C24H25N3O3. The molecule has 0 spiro atoms. The molecule has 0 unspecified atom stereocenters. The third-order valence-corrected chi connectivity index (χ3v) is 5.46. The average Bonchev–Trinajstić information content (AvgIpc) is 3.41. The lowest BCUT2D eigenvalue weighted by Gasteiger charge is -2.29. The van der Waals surface area contributed by atoms with Gasteiger partial charge in [0.25, 0.3) is 0 Å². The molecule has 1 atom stereocenters. The van der Waals surface area contributed by atoms with Gasteiger partial charge >= 0.3 is 11.8 Å². The Morgan fingerprint density at radius 2 is 1.90 bits per heavy atom. The number of furan rings is 1. The van der Waals surface area contributed by atoms with Crippen LogP contribution in [0.15, 0.2) is 65.3 Å². The molecule has 6 heteroatoms. The quantitative estimate of drug-likeness (QED) is 0.636. The summed E-state index contributed by atoms with van der Waals surface area (Å²) in [6.07, 6.45) is 2.56. The molecule has 0 saturated heterocycles. The molecule has 0 fully saturated rings. The number of hydrogen-bond acceptors (Lipinski definition) is 4. The van der Waals surface area contributed by atoms with Crippen molar-refractivity contribution in [2.24, 2.45) is 0 Å². The molecule has 30 heavy (non-hydrogen) atoms. The van der Waals surface area contributed by atoms with Crippen LogP contribution in [-0.4, -0.2) is 24.9 Å². The summed E-state index contributed by atoms with van der Waals surface area (Å²) in [4.78, 5) is 27.1. The Hall–Kier alpha value is -3.54. The monoisotopic (exact) mass is 403 g/mol. The molecule has 1 aliphatic rings. The van der Waals surface area contributed by atoms with Gasteiger partial charge in [0.05, 0.1) is 6.26 Å². The highest BCUT2D eigenvalue weighted by Crippen LogP contribution is 2.34. The Morgan fingerprint density at radius 1 is 1.07 bits per heavy atom. The number of para-hydroxylation sites is 1. The Kier molecular flexibility index (Phi) is 5.57. The van der Waals surface area contributed by atoms with Crippen LogP contribution in [0.5, 0.6) is 0 Å². The first-order chi connectivity index (χ1) is 14.5. The van der Waals surface area contributed by atoms with Gasteiger partial charge in [0.2, 0.25) is 0 Å². The lowest BCUT2D eigenvalue weighted by molar-refractivity contribution is -0.136. The summed E-state index contributed by atoms with van der Waals surface area (Å²) in [5.41, 5.74) is 5.05. The summed E-state index contributed by atoms with van der Waals surface area (Å²) in [5.74, 6) is -0.595. The fourth-order valence-electron chi connectivity index (χ4n) is 3.94. The van der Waals surface area contributed by atoms with Crippen LogP contribution in [-0.2, 0) is 16.0 Å². The molecule has 0 saturated carbocycles. The van der Waals surface area contributed by atoms with Gasteiger partial charge < -0.3 is 20.0 Å². The van der Waals surface area contributed by atoms with Crippen molar-refractivity contribution in [3.05, 3.63) is 83.3 Å². The first kappa shape index (κ1) is 19.8. The molecule has 1 aromatic heterocycles. The lowest BCUT2D eigenvalue weighted by atomic mass is 10.1. The number of amides is 2. The second-order valence-corrected chi connectivity index (χ2v) is 7.59. The number of carbonyl (C=O) groups is 2. The summed E-state index contributed by atoms with van der Waals surface area (Å²) in [6, 6.07) is 17.4. The van der Waals surface area contributed by atoms with Crippen molar-refractivity contribution >= 4 is 23.2 Å². The van der Waals surface area contributed by atoms with Crippen LogP contribution in [0.1, 0.15) is 28.5 Å². The highest BCUT2D eigenvalue weighted by atomic mass is 16.3. The number of nitrogens with zero attached hydrogens (tertiary/aromatic N) is 1. The van der Waals surface area contributed by atoms with Gasteiger partial charge in [0.15, 0.2) is 0 Å². The minimum Gasteiger partial charge on any atom is -0.467 e. The van der Waals surface area contributed by atoms with E-state index in [1.807, 2.05) is 56.3 Å². The molecule has 2 aromatic carbocycles. The van der Waals surface area contributed by atoms with E-state index in [9.17, 15) is 9.59 Å². The second kappa shape index (κ2) is 8.45. The largest absolute Gasteiger partial charge is 0.467 e. The SMILES string of the molecule is Cc1ccc(NC(=O)C(=O)NC[C@H](c2ccco2)N2CCc3ccccc32)c(C)c1. The van der Waals surface area contributed by atoms with Crippen LogP contribution < -0.4 is 15.5 Å². The first-order valence-corrected chi connectivity index (χ1v) is 10.1. The maximum absolute atomic E-state index is 12.5. The molecule has 3 aromatic rings. The zero-order valence-electron chi connectivity index (χ0n) is 17.1. The summed E-state index contributed by atoms with van der Waals surface area (Å²) in [5, 5.41) is 5.47. The zero-order valence-corrected chi connectivity index (χ0v) is 17.1. The van der Waals surface area contributed by atoms with E-state index in [4.69, 9.17) is 4.42 Å². The van der Waals surface area contributed by atoms with Crippen LogP contribution in [0.3, 0.4) is 0 Å². The van der Waals surface area contributed by atoms with Crippen LogP contribution in [0, 0.1) is 13.8 Å². The van der Waals surface area contributed by atoms with E-state index in [0.29, 0.717) is 5.69 Å². The fraction of sp³-hybridized carbons (Fsp3) is 0.250. The van der Waals surface area contributed by atoms with Gasteiger partial charge in [-0.15, -0.1) is 0 Å². The molecule has 154 valence electrons. The molecule has 2 heterocycles. The minimum atomic E-state index is -0.679. The zero-order chi connectivity index (χ0) is 21.1. The molecule has 0 radical (unpaired) electrons. The Labute approximate surface area is 175 Å². The third-order valence-electron chi connectivity index (χ3n) is 5.46. The number of carbonyl (C=O) groups excluding carboxylic acids is 2. The summed E-state index contributed by atoms with van der Waals surface area (Å²) < 4.78 is 5.64. The predicted octanol–water partition coefficient (Wildman–Crippen LogP) is 3.76. The number of rotatable bonds is 5. The maximum atomic E-state index is 12.5. The van der Waals surface area contributed by atoms with Crippen molar-refractivity contribution in [2.45, 2.75) is 26.3 Å². The number of benzene rings is 2. The average molecular weight is 403 g/mol. The molecular weight excluding hydrogens is 378 g/mol. The number of fused-ring (bicyclic) bond motifs is 1. The van der Waals surface area contributed by atoms with Crippen LogP contribution in [0.25, 0.3) is 0 Å². The van der Waals surface area contributed by atoms with Gasteiger partial charge in [-0.2, -0.15) is 0 Å². The summed E-state index contributed by atoms with van der Waals surface area (Å²) in [7, 11) is 0. The smallest absolute Gasteiger partial charge is 0.313 e. The van der Waals surface area contributed by atoms with Gasteiger partial charge in [-0.1, -0.05) is 35.9 Å². The standard InChI is InChI=1S/C24H25N3O3/c1-16-9-10-19(17(2)14-16)26-24(29)23(28)25-15-21(22-8-5-13-30-22)27-12-11-18-6-3-4-7-20(18)27/h3-10,13-14,21H,11-12,15H2,1-2H3,(H,25,28)(H,26,29)/t21-/m1/s1. The number of nitrogens with one attached hydrogen (secondary N) is 2. The topological polar surface area (TPSA) is 74.6 Å². The van der Waals surface area contributed by atoms with E-state index in [0.717, 1.165) is 35.5 Å². The number of hydrogen-bond donors (Lipinski definition) is 2. The third kappa shape index (κ3) is 4.08. The predicted molar refractivity (Wildman–Crippen MR) is 116 cm³/mol. The van der Waals surface area contributed by atoms with Crippen molar-refractivity contribution in [1.29, 1.82) is 0 Å². The number of aryl methyl sites for hydroxylation is 2. The highest BCUT2D eigenvalue weighted by molar-refractivity contribution is 6.39. The Balaban J connectivity index is 1.45.